The van der Waals surface area contributed by atoms with Gasteiger partial charge in [0.25, 0.3) is 0 Å². The van der Waals surface area contributed by atoms with Gasteiger partial charge in [-0.25, -0.2) is 17.5 Å². The fourth-order valence-corrected chi connectivity index (χ4v) is 1.98. The second kappa shape index (κ2) is 4.52. The predicted molar refractivity (Wildman–Crippen MR) is 51.6 cm³/mol. The van der Waals surface area contributed by atoms with Crippen LogP contribution < -0.4 is 4.72 Å². The molecule has 0 spiro atoms. The van der Waals surface area contributed by atoms with Crippen LogP contribution in [0.3, 0.4) is 0 Å². The first-order valence-electron chi connectivity index (χ1n) is 4.11. The van der Waals surface area contributed by atoms with Gasteiger partial charge in [0.2, 0.25) is 10.0 Å². The Balaban J connectivity index is 2.87. The third-order valence-electron chi connectivity index (χ3n) is 1.59. The maximum Gasteiger partial charge on any atom is 0.240 e. The van der Waals surface area contributed by atoms with Crippen molar-refractivity contribution in [3.8, 4) is 0 Å². The van der Waals surface area contributed by atoms with Crippen molar-refractivity contribution in [1.82, 2.24) is 4.72 Å². The second-order valence-corrected chi connectivity index (χ2v) is 4.47. The molecule has 0 saturated heterocycles. The summed E-state index contributed by atoms with van der Waals surface area (Å²) in [4.78, 5) is 0.0624. The largest absolute Gasteiger partial charge is 0.240 e. The zero-order valence-electron chi connectivity index (χ0n) is 7.53. The van der Waals surface area contributed by atoms with E-state index in [1.807, 2.05) is 0 Å². The highest BCUT2D eigenvalue weighted by Gasteiger charge is 2.11. The molecule has 0 aliphatic heterocycles. The van der Waals surface area contributed by atoms with Gasteiger partial charge >= 0.3 is 0 Å². The zero-order valence-corrected chi connectivity index (χ0v) is 8.35. The standard InChI is InChI=1S/C9H11FNO2S/c1-2-7-11-14(12,13)9-5-3-8(10)4-6-9/h3-6,11H,1-2,7H2. The van der Waals surface area contributed by atoms with E-state index in [4.69, 9.17) is 0 Å². The van der Waals surface area contributed by atoms with Gasteiger partial charge in [-0.15, -0.1) is 0 Å². The normalized spacial score (nSPS) is 11.6. The van der Waals surface area contributed by atoms with E-state index < -0.39 is 15.8 Å². The van der Waals surface area contributed by atoms with E-state index in [-0.39, 0.29) is 11.4 Å². The lowest BCUT2D eigenvalue weighted by atomic mass is 10.4. The Hall–Kier alpha value is -0.940. The average Bonchev–Trinajstić information content (AvgIpc) is 2.16. The minimum atomic E-state index is -3.50. The summed E-state index contributed by atoms with van der Waals surface area (Å²) < 4.78 is 37.7. The van der Waals surface area contributed by atoms with E-state index in [2.05, 4.69) is 11.6 Å². The van der Waals surface area contributed by atoms with Gasteiger partial charge in [-0.1, -0.05) is 6.92 Å². The summed E-state index contributed by atoms with van der Waals surface area (Å²) in [5.74, 6) is -0.457. The van der Waals surface area contributed by atoms with E-state index in [0.717, 1.165) is 12.1 Å². The Kier molecular flexibility index (Phi) is 3.60. The molecule has 0 bridgehead atoms. The predicted octanol–water partition coefficient (Wildman–Crippen LogP) is 1.33. The summed E-state index contributed by atoms with van der Waals surface area (Å²) in [7, 11) is -3.50. The third kappa shape index (κ3) is 2.78. The van der Waals surface area contributed by atoms with E-state index in [9.17, 15) is 12.8 Å². The molecule has 1 aromatic rings. The lowest BCUT2D eigenvalue weighted by Gasteiger charge is -2.04. The van der Waals surface area contributed by atoms with Crippen molar-refractivity contribution in [3.63, 3.8) is 0 Å². The number of benzene rings is 1. The monoisotopic (exact) mass is 216 g/mol. The SMILES string of the molecule is [CH2]CCNS(=O)(=O)c1ccc(F)cc1. The second-order valence-electron chi connectivity index (χ2n) is 2.71. The van der Waals surface area contributed by atoms with Crippen molar-refractivity contribution in [2.75, 3.05) is 6.54 Å². The van der Waals surface area contributed by atoms with Gasteiger partial charge in [-0.3, -0.25) is 0 Å². The summed E-state index contributed by atoms with van der Waals surface area (Å²) in [6.45, 7) is 3.79. The molecule has 0 aliphatic rings. The summed E-state index contributed by atoms with van der Waals surface area (Å²) in [6, 6.07) is 4.67. The first-order chi connectivity index (χ1) is 6.56. The van der Waals surface area contributed by atoms with Crippen molar-refractivity contribution in [3.05, 3.63) is 37.0 Å². The lowest BCUT2D eigenvalue weighted by molar-refractivity contribution is 0.581. The van der Waals surface area contributed by atoms with E-state index in [1.54, 1.807) is 0 Å². The van der Waals surface area contributed by atoms with Gasteiger partial charge in [0.15, 0.2) is 0 Å². The smallest absolute Gasteiger partial charge is 0.211 e. The maximum atomic E-state index is 12.5. The lowest BCUT2D eigenvalue weighted by Crippen LogP contribution is -2.24. The van der Waals surface area contributed by atoms with Gasteiger partial charge in [-0.2, -0.15) is 0 Å². The Morgan fingerprint density at radius 3 is 2.36 bits per heavy atom. The molecule has 0 heterocycles. The van der Waals surface area contributed by atoms with Crippen LogP contribution in [-0.2, 0) is 10.0 Å². The molecule has 1 radical (unpaired) electrons. The quantitative estimate of drug-likeness (QED) is 0.825. The molecule has 1 rings (SSSR count). The van der Waals surface area contributed by atoms with Crippen molar-refractivity contribution >= 4 is 10.0 Å². The zero-order chi connectivity index (χ0) is 10.6. The molecule has 0 amide bonds. The van der Waals surface area contributed by atoms with Crippen LogP contribution in [0.2, 0.25) is 0 Å². The number of sulfonamides is 1. The number of rotatable bonds is 4. The van der Waals surface area contributed by atoms with Gasteiger partial charge in [-0.05, 0) is 30.7 Å². The molecule has 1 aromatic carbocycles. The van der Waals surface area contributed by atoms with Crippen LogP contribution in [0.25, 0.3) is 0 Å². The van der Waals surface area contributed by atoms with E-state index >= 15 is 0 Å². The topological polar surface area (TPSA) is 46.2 Å². The number of halogens is 1. The van der Waals surface area contributed by atoms with Crippen LogP contribution in [0.5, 0.6) is 0 Å². The van der Waals surface area contributed by atoms with Crippen LogP contribution in [0.4, 0.5) is 4.39 Å². The summed E-state index contributed by atoms with van der Waals surface area (Å²) >= 11 is 0. The van der Waals surface area contributed by atoms with Crippen LogP contribution in [0.1, 0.15) is 6.42 Å². The molecular formula is C9H11FNO2S. The molecule has 3 nitrogen and oxygen atoms in total. The Bertz CT molecular complexity index is 386. The third-order valence-corrected chi connectivity index (χ3v) is 3.07. The molecule has 14 heavy (non-hydrogen) atoms. The molecule has 0 fully saturated rings. The van der Waals surface area contributed by atoms with Gasteiger partial charge in [0, 0.05) is 6.54 Å². The summed E-state index contributed by atoms with van der Waals surface area (Å²) in [6.07, 6.45) is 0.473. The van der Waals surface area contributed by atoms with Crippen LogP contribution in [0, 0.1) is 12.7 Å². The molecular weight excluding hydrogens is 205 g/mol. The summed E-state index contributed by atoms with van der Waals surface area (Å²) in [5, 5.41) is 0. The van der Waals surface area contributed by atoms with E-state index in [0.29, 0.717) is 6.42 Å². The van der Waals surface area contributed by atoms with Crippen LogP contribution in [-0.4, -0.2) is 15.0 Å². The molecule has 0 aromatic heterocycles. The summed E-state index contributed by atoms with van der Waals surface area (Å²) in [5.41, 5.74) is 0. The highest BCUT2D eigenvalue weighted by Crippen LogP contribution is 2.09. The Morgan fingerprint density at radius 2 is 1.86 bits per heavy atom. The van der Waals surface area contributed by atoms with Crippen LogP contribution >= 0.6 is 0 Å². The highest BCUT2D eigenvalue weighted by atomic mass is 32.2. The molecule has 5 heteroatoms. The van der Waals surface area contributed by atoms with Crippen molar-refractivity contribution in [2.45, 2.75) is 11.3 Å². The molecule has 0 aliphatic carbocycles. The van der Waals surface area contributed by atoms with Crippen molar-refractivity contribution in [2.24, 2.45) is 0 Å². The van der Waals surface area contributed by atoms with E-state index in [1.165, 1.54) is 12.1 Å². The van der Waals surface area contributed by atoms with Crippen molar-refractivity contribution in [1.29, 1.82) is 0 Å². The number of nitrogens with one attached hydrogen (secondary N) is 1. The average molecular weight is 216 g/mol. The minimum absolute atomic E-state index is 0.0624. The van der Waals surface area contributed by atoms with Crippen LogP contribution in [0.15, 0.2) is 29.2 Å². The Morgan fingerprint density at radius 1 is 1.29 bits per heavy atom. The minimum Gasteiger partial charge on any atom is -0.211 e. The fourth-order valence-electron chi connectivity index (χ4n) is 0.904. The first-order valence-corrected chi connectivity index (χ1v) is 5.59. The fraction of sp³-hybridized carbons (Fsp3) is 0.222. The molecule has 0 atom stereocenters. The molecule has 0 unspecified atom stereocenters. The van der Waals surface area contributed by atoms with Crippen molar-refractivity contribution < 1.29 is 12.8 Å². The van der Waals surface area contributed by atoms with Gasteiger partial charge < -0.3 is 0 Å². The van der Waals surface area contributed by atoms with Gasteiger partial charge in [0.1, 0.15) is 5.82 Å². The molecule has 0 saturated carbocycles. The number of hydrogen-bond acceptors (Lipinski definition) is 2. The number of hydrogen-bond donors (Lipinski definition) is 1. The molecule has 1 N–H and O–H groups in total. The maximum absolute atomic E-state index is 12.5. The van der Waals surface area contributed by atoms with Gasteiger partial charge in [0.05, 0.1) is 4.90 Å². The Labute approximate surface area is 83.0 Å². The first kappa shape index (κ1) is 11.1. The molecule has 77 valence electrons. The highest BCUT2D eigenvalue weighted by molar-refractivity contribution is 7.89.